The molecular formula is C16H16O4. The van der Waals surface area contributed by atoms with E-state index in [1.165, 1.54) is 12.1 Å². The predicted octanol–water partition coefficient (Wildman–Crippen LogP) is 2.82. The Kier molecular flexibility index (Phi) is 3.94. The van der Waals surface area contributed by atoms with E-state index >= 15 is 0 Å². The maximum absolute atomic E-state index is 11.5. The van der Waals surface area contributed by atoms with Gasteiger partial charge in [-0.15, -0.1) is 0 Å². The first kappa shape index (κ1) is 13.9. The zero-order chi connectivity index (χ0) is 14.7. The van der Waals surface area contributed by atoms with Crippen molar-refractivity contribution in [3.05, 3.63) is 59.2 Å². The zero-order valence-corrected chi connectivity index (χ0v) is 11.1. The fourth-order valence-electron chi connectivity index (χ4n) is 2.18. The van der Waals surface area contributed by atoms with Crippen molar-refractivity contribution in [1.29, 1.82) is 0 Å². The largest absolute Gasteiger partial charge is 0.508 e. The van der Waals surface area contributed by atoms with Crippen LogP contribution in [0.25, 0.3) is 0 Å². The average Bonchev–Trinajstić information content (AvgIpc) is 2.39. The molecule has 3 N–H and O–H groups in total. The summed E-state index contributed by atoms with van der Waals surface area (Å²) in [5, 5.41) is 28.0. The van der Waals surface area contributed by atoms with E-state index in [4.69, 9.17) is 0 Å². The Labute approximate surface area is 116 Å². The van der Waals surface area contributed by atoms with Gasteiger partial charge in [0.1, 0.15) is 11.5 Å². The first-order chi connectivity index (χ1) is 9.47. The van der Waals surface area contributed by atoms with Gasteiger partial charge in [-0.2, -0.15) is 0 Å². The molecule has 2 aromatic rings. The second-order valence-corrected chi connectivity index (χ2v) is 4.80. The van der Waals surface area contributed by atoms with Crippen molar-refractivity contribution in [2.24, 2.45) is 0 Å². The van der Waals surface area contributed by atoms with Crippen molar-refractivity contribution in [2.75, 3.05) is 0 Å². The average molecular weight is 272 g/mol. The summed E-state index contributed by atoms with van der Waals surface area (Å²) < 4.78 is 0. The van der Waals surface area contributed by atoms with E-state index in [0.717, 1.165) is 11.1 Å². The molecule has 0 unspecified atom stereocenters. The lowest BCUT2D eigenvalue weighted by atomic mass is 9.90. The second-order valence-electron chi connectivity index (χ2n) is 4.80. The summed E-state index contributed by atoms with van der Waals surface area (Å²) in [6.45, 7) is 1.84. The Morgan fingerprint density at radius 1 is 1.05 bits per heavy atom. The fraction of sp³-hybridized carbons (Fsp3) is 0.188. The summed E-state index contributed by atoms with van der Waals surface area (Å²) in [4.78, 5) is 11.5. The maximum atomic E-state index is 11.5. The molecule has 2 aromatic carbocycles. The molecule has 0 saturated carbocycles. The highest BCUT2D eigenvalue weighted by Gasteiger charge is 2.21. The number of hydrogen-bond donors (Lipinski definition) is 3. The third-order valence-corrected chi connectivity index (χ3v) is 3.34. The Morgan fingerprint density at radius 3 is 2.20 bits per heavy atom. The molecule has 4 nitrogen and oxygen atoms in total. The second kappa shape index (κ2) is 5.65. The first-order valence-electron chi connectivity index (χ1n) is 6.27. The lowest BCUT2D eigenvalue weighted by Crippen LogP contribution is -2.14. The van der Waals surface area contributed by atoms with Gasteiger partial charge < -0.3 is 15.3 Å². The Morgan fingerprint density at radius 2 is 1.65 bits per heavy atom. The molecule has 0 amide bonds. The molecular weight excluding hydrogens is 256 g/mol. The molecule has 0 fully saturated rings. The van der Waals surface area contributed by atoms with Crippen LogP contribution in [0.15, 0.2) is 42.5 Å². The van der Waals surface area contributed by atoms with E-state index in [-0.39, 0.29) is 11.5 Å². The molecule has 0 bridgehead atoms. The number of phenolic OH excluding ortho intramolecular Hbond substituents is 2. The number of carboxylic acid groups (broad SMARTS) is 1. The fourth-order valence-corrected chi connectivity index (χ4v) is 2.18. The molecule has 20 heavy (non-hydrogen) atoms. The Balaban J connectivity index is 2.30. The Hall–Kier alpha value is -2.49. The van der Waals surface area contributed by atoms with E-state index in [2.05, 4.69) is 0 Å². The van der Waals surface area contributed by atoms with Crippen LogP contribution in [0, 0.1) is 6.92 Å². The van der Waals surface area contributed by atoms with Gasteiger partial charge in [-0.1, -0.05) is 18.2 Å². The van der Waals surface area contributed by atoms with Crippen LogP contribution in [0.4, 0.5) is 0 Å². The summed E-state index contributed by atoms with van der Waals surface area (Å²) in [5.74, 6) is -1.32. The summed E-state index contributed by atoms with van der Waals surface area (Å²) in [7, 11) is 0. The molecule has 0 aliphatic heterocycles. The Bertz CT molecular complexity index is 617. The molecule has 2 rings (SSSR count). The number of carboxylic acids is 1. The highest BCUT2D eigenvalue weighted by Crippen LogP contribution is 2.26. The van der Waals surface area contributed by atoms with Crippen molar-refractivity contribution < 1.29 is 20.1 Å². The van der Waals surface area contributed by atoms with E-state index < -0.39 is 11.9 Å². The molecule has 0 aromatic heterocycles. The van der Waals surface area contributed by atoms with Gasteiger partial charge in [-0.3, -0.25) is 4.79 Å². The SMILES string of the molecule is Cc1cc(O)ccc1C[C@H](C(=O)O)c1ccc(O)cc1. The van der Waals surface area contributed by atoms with Crippen molar-refractivity contribution in [3.8, 4) is 11.5 Å². The van der Waals surface area contributed by atoms with Crippen molar-refractivity contribution in [2.45, 2.75) is 19.3 Å². The van der Waals surface area contributed by atoms with E-state index in [1.54, 1.807) is 30.3 Å². The van der Waals surface area contributed by atoms with E-state index in [0.29, 0.717) is 12.0 Å². The number of phenols is 2. The summed E-state index contributed by atoms with van der Waals surface area (Å²) in [6.07, 6.45) is 0.340. The number of aryl methyl sites for hydroxylation is 1. The van der Waals surface area contributed by atoms with Crippen molar-refractivity contribution in [3.63, 3.8) is 0 Å². The lowest BCUT2D eigenvalue weighted by molar-refractivity contribution is -0.138. The summed E-state index contributed by atoms with van der Waals surface area (Å²) in [5.41, 5.74) is 2.38. The molecule has 104 valence electrons. The van der Waals surface area contributed by atoms with Crippen LogP contribution >= 0.6 is 0 Å². The number of benzene rings is 2. The summed E-state index contributed by atoms with van der Waals surface area (Å²) >= 11 is 0. The molecule has 4 heteroatoms. The number of aromatic hydroxyl groups is 2. The van der Waals surface area contributed by atoms with Gasteiger partial charge in [0.05, 0.1) is 5.92 Å². The van der Waals surface area contributed by atoms with Crippen LogP contribution in [0.2, 0.25) is 0 Å². The van der Waals surface area contributed by atoms with Crippen LogP contribution in [-0.2, 0) is 11.2 Å². The van der Waals surface area contributed by atoms with Crippen LogP contribution in [-0.4, -0.2) is 21.3 Å². The van der Waals surface area contributed by atoms with Crippen LogP contribution < -0.4 is 0 Å². The number of hydrogen-bond acceptors (Lipinski definition) is 3. The molecule has 0 aliphatic carbocycles. The normalized spacial score (nSPS) is 12.1. The molecule has 1 atom stereocenters. The van der Waals surface area contributed by atoms with Crippen LogP contribution in [0.5, 0.6) is 11.5 Å². The molecule has 0 spiro atoms. The molecule has 0 heterocycles. The van der Waals surface area contributed by atoms with Gasteiger partial charge in [-0.25, -0.2) is 0 Å². The molecule has 0 aliphatic rings. The molecule has 0 saturated heterocycles. The van der Waals surface area contributed by atoms with Gasteiger partial charge in [0, 0.05) is 0 Å². The number of rotatable bonds is 4. The van der Waals surface area contributed by atoms with Crippen LogP contribution in [0.1, 0.15) is 22.6 Å². The lowest BCUT2D eigenvalue weighted by Gasteiger charge is -2.15. The number of aliphatic carboxylic acids is 1. The minimum Gasteiger partial charge on any atom is -0.508 e. The summed E-state index contributed by atoms with van der Waals surface area (Å²) in [6, 6.07) is 11.1. The van der Waals surface area contributed by atoms with Crippen molar-refractivity contribution in [1.82, 2.24) is 0 Å². The van der Waals surface area contributed by atoms with Gasteiger partial charge in [-0.05, 0) is 54.3 Å². The van der Waals surface area contributed by atoms with Gasteiger partial charge in [0.2, 0.25) is 0 Å². The third-order valence-electron chi connectivity index (χ3n) is 3.34. The third kappa shape index (κ3) is 3.09. The zero-order valence-electron chi connectivity index (χ0n) is 11.1. The number of carbonyl (C=O) groups is 1. The minimum atomic E-state index is -0.914. The van der Waals surface area contributed by atoms with E-state index in [1.807, 2.05) is 6.92 Å². The van der Waals surface area contributed by atoms with Gasteiger partial charge in [0.25, 0.3) is 0 Å². The topological polar surface area (TPSA) is 77.8 Å². The van der Waals surface area contributed by atoms with Crippen LogP contribution in [0.3, 0.4) is 0 Å². The quantitative estimate of drug-likeness (QED) is 0.799. The maximum Gasteiger partial charge on any atom is 0.311 e. The predicted molar refractivity (Wildman–Crippen MR) is 75.0 cm³/mol. The smallest absolute Gasteiger partial charge is 0.311 e. The molecule has 0 radical (unpaired) electrons. The first-order valence-corrected chi connectivity index (χ1v) is 6.27. The van der Waals surface area contributed by atoms with Crippen molar-refractivity contribution >= 4 is 5.97 Å². The minimum absolute atomic E-state index is 0.110. The van der Waals surface area contributed by atoms with Gasteiger partial charge in [0.15, 0.2) is 0 Å². The monoisotopic (exact) mass is 272 g/mol. The van der Waals surface area contributed by atoms with E-state index in [9.17, 15) is 20.1 Å². The highest BCUT2D eigenvalue weighted by atomic mass is 16.4. The highest BCUT2D eigenvalue weighted by molar-refractivity contribution is 5.76. The standard InChI is InChI=1S/C16H16O4/c1-10-8-14(18)7-4-12(10)9-15(16(19)20)11-2-5-13(17)6-3-11/h2-8,15,17-18H,9H2,1H3,(H,19,20)/t15-/m0/s1. The van der Waals surface area contributed by atoms with Gasteiger partial charge >= 0.3 is 5.97 Å².